The van der Waals surface area contributed by atoms with E-state index < -0.39 is 5.92 Å². The minimum Gasteiger partial charge on any atom is -0.491 e. The summed E-state index contributed by atoms with van der Waals surface area (Å²) in [5, 5.41) is 0. The fourth-order valence-corrected chi connectivity index (χ4v) is 2.88. The molecule has 1 heterocycles. The predicted molar refractivity (Wildman–Crippen MR) is 106 cm³/mol. The quantitative estimate of drug-likeness (QED) is 0.586. The molecule has 0 aliphatic carbocycles. The molecule has 0 spiro atoms. The van der Waals surface area contributed by atoms with Gasteiger partial charge in [-0.1, -0.05) is 6.92 Å². The van der Waals surface area contributed by atoms with Gasteiger partial charge in [0.15, 0.2) is 0 Å². The van der Waals surface area contributed by atoms with Crippen LogP contribution in [0.4, 0.5) is 0 Å². The number of aryl methyl sites for hydroxylation is 1. The Morgan fingerprint density at radius 1 is 1.18 bits per heavy atom. The number of methoxy groups -OCH3 is 1. The normalized spacial score (nSPS) is 11.9. The predicted octanol–water partition coefficient (Wildman–Crippen LogP) is 3.01. The maximum atomic E-state index is 13.0. The van der Waals surface area contributed by atoms with Crippen LogP contribution in [-0.2, 0) is 16.1 Å². The lowest BCUT2D eigenvalue weighted by Crippen LogP contribution is -2.38. The van der Waals surface area contributed by atoms with Crippen LogP contribution in [0.3, 0.4) is 0 Å². The molecular weight excluding hydrogens is 358 g/mol. The van der Waals surface area contributed by atoms with Crippen LogP contribution < -0.4 is 4.74 Å². The van der Waals surface area contributed by atoms with E-state index in [1.54, 1.807) is 48.6 Å². The topological polar surface area (TPSA) is 73.7 Å². The summed E-state index contributed by atoms with van der Waals surface area (Å²) in [6.07, 6.45) is 6.18. The van der Waals surface area contributed by atoms with Gasteiger partial charge in [-0.15, -0.1) is 0 Å². The molecule has 28 heavy (non-hydrogen) atoms. The van der Waals surface area contributed by atoms with Gasteiger partial charge in [-0.3, -0.25) is 9.59 Å². The van der Waals surface area contributed by atoms with E-state index in [9.17, 15) is 9.59 Å². The van der Waals surface area contributed by atoms with Gasteiger partial charge in [-0.2, -0.15) is 0 Å². The van der Waals surface area contributed by atoms with Crippen molar-refractivity contribution in [3.8, 4) is 5.75 Å². The average molecular weight is 387 g/mol. The second-order valence-corrected chi connectivity index (χ2v) is 7.02. The maximum absolute atomic E-state index is 13.0. The molecule has 0 N–H and O–H groups in total. The Bertz CT molecular complexity index is 742. The van der Waals surface area contributed by atoms with Crippen molar-refractivity contribution < 1.29 is 19.1 Å². The molecule has 0 saturated heterocycles. The minimum atomic E-state index is -0.397. The summed E-state index contributed by atoms with van der Waals surface area (Å²) in [5.74, 6) is -0.113. The molecule has 2 aromatic rings. The zero-order valence-electron chi connectivity index (χ0n) is 17.0. The van der Waals surface area contributed by atoms with Crippen LogP contribution in [0.1, 0.15) is 37.6 Å². The van der Waals surface area contributed by atoms with Crippen molar-refractivity contribution in [2.45, 2.75) is 39.8 Å². The monoisotopic (exact) mass is 387 g/mol. The number of hydrogen-bond acceptors (Lipinski definition) is 5. The zero-order valence-corrected chi connectivity index (χ0v) is 17.0. The molecule has 0 fully saturated rings. The second-order valence-electron chi connectivity index (χ2n) is 7.02. The largest absolute Gasteiger partial charge is 0.491 e. The molecule has 1 unspecified atom stereocenters. The van der Waals surface area contributed by atoms with Gasteiger partial charge in [0.05, 0.1) is 25.5 Å². The first-order valence-electron chi connectivity index (χ1n) is 9.50. The summed E-state index contributed by atoms with van der Waals surface area (Å²) in [4.78, 5) is 30.6. The number of ether oxygens (including phenoxy) is 2. The van der Waals surface area contributed by atoms with E-state index in [2.05, 4.69) is 4.98 Å². The summed E-state index contributed by atoms with van der Waals surface area (Å²) in [6.45, 7) is 7.26. The summed E-state index contributed by atoms with van der Waals surface area (Å²) < 4.78 is 12.4. The highest BCUT2D eigenvalue weighted by molar-refractivity contribution is 5.94. The standard InChI is InChI=1S/C21H29N3O4/c1-16(2)28-19-8-6-18(7-9-19)20(25)24(14-17(3)21(26)27-4)12-5-11-23-13-10-22-15-23/h6-10,13,15-17H,5,11-12,14H2,1-4H3. The molecule has 1 amide bonds. The van der Waals surface area contributed by atoms with Crippen molar-refractivity contribution in [3.63, 3.8) is 0 Å². The maximum Gasteiger partial charge on any atom is 0.310 e. The van der Waals surface area contributed by atoms with Gasteiger partial charge in [-0.05, 0) is 44.5 Å². The van der Waals surface area contributed by atoms with Crippen LogP contribution in [0.15, 0.2) is 43.0 Å². The Hall–Kier alpha value is -2.83. The summed E-state index contributed by atoms with van der Waals surface area (Å²) >= 11 is 0. The second kappa shape index (κ2) is 10.5. The number of amides is 1. The highest BCUT2D eigenvalue weighted by Crippen LogP contribution is 2.16. The number of hydrogen-bond donors (Lipinski definition) is 0. The minimum absolute atomic E-state index is 0.0714. The first-order valence-corrected chi connectivity index (χ1v) is 9.50. The molecule has 1 aromatic carbocycles. The fraction of sp³-hybridized carbons (Fsp3) is 0.476. The average Bonchev–Trinajstić information content (AvgIpc) is 3.19. The molecule has 7 heteroatoms. The van der Waals surface area contributed by atoms with Crippen LogP contribution in [0.2, 0.25) is 0 Å². The summed E-state index contributed by atoms with van der Waals surface area (Å²) in [6, 6.07) is 7.10. The Labute approximate surface area is 166 Å². The fourth-order valence-electron chi connectivity index (χ4n) is 2.88. The smallest absolute Gasteiger partial charge is 0.310 e. The third kappa shape index (κ3) is 6.40. The molecule has 2 rings (SSSR count). The molecule has 0 aliphatic rings. The molecule has 0 saturated carbocycles. The van der Waals surface area contributed by atoms with Crippen molar-refractivity contribution in [1.82, 2.24) is 14.5 Å². The first-order chi connectivity index (χ1) is 13.4. The van der Waals surface area contributed by atoms with Crippen molar-refractivity contribution in [2.75, 3.05) is 20.2 Å². The number of carbonyl (C=O) groups is 2. The van der Waals surface area contributed by atoms with Crippen LogP contribution in [0, 0.1) is 5.92 Å². The third-order valence-corrected chi connectivity index (χ3v) is 4.26. The van der Waals surface area contributed by atoms with Crippen LogP contribution >= 0.6 is 0 Å². The first kappa shape index (κ1) is 21.5. The lowest BCUT2D eigenvalue weighted by atomic mass is 10.1. The molecule has 0 bridgehead atoms. The van der Waals surface area contributed by atoms with Gasteiger partial charge in [0.2, 0.25) is 0 Å². The highest BCUT2D eigenvalue weighted by Gasteiger charge is 2.22. The number of nitrogens with zero attached hydrogens (tertiary/aromatic N) is 3. The van der Waals surface area contributed by atoms with Crippen LogP contribution in [-0.4, -0.2) is 52.6 Å². The Balaban J connectivity index is 2.06. The molecule has 1 atom stereocenters. The molecule has 7 nitrogen and oxygen atoms in total. The molecule has 0 radical (unpaired) electrons. The number of esters is 1. The summed E-state index contributed by atoms with van der Waals surface area (Å²) in [5.41, 5.74) is 0.566. The molecule has 1 aromatic heterocycles. The lowest BCUT2D eigenvalue weighted by molar-refractivity contribution is -0.145. The van der Waals surface area contributed by atoms with Gasteiger partial charge < -0.3 is 18.9 Å². The van der Waals surface area contributed by atoms with Crippen molar-refractivity contribution >= 4 is 11.9 Å². The molecular formula is C21H29N3O4. The van der Waals surface area contributed by atoms with E-state index in [1.165, 1.54) is 7.11 Å². The van der Waals surface area contributed by atoms with Crippen LogP contribution in [0.5, 0.6) is 5.75 Å². The van der Waals surface area contributed by atoms with E-state index in [4.69, 9.17) is 9.47 Å². The molecule has 0 aliphatic heterocycles. The van der Waals surface area contributed by atoms with Gasteiger partial charge in [-0.25, -0.2) is 4.98 Å². The number of benzene rings is 1. The highest BCUT2D eigenvalue weighted by atomic mass is 16.5. The number of imidazole rings is 1. The van der Waals surface area contributed by atoms with Gasteiger partial charge in [0.1, 0.15) is 5.75 Å². The number of carbonyl (C=O) groups excluding carboxylic acids is 2. The summed E-state index contributed by atoms with van der Waals surface area (Å²) in [7, 11) is 1.36. The lowest BCUT2D eigenvalue weighted by Gasteiger charge is -2.25. The van der Waals surface area contributed by atoms with E-state index in [-0.39, 0.29) is 18.0 Å². The van der Waals surface area contributed by atoms with Gasteiger partial charge in [0, 0.05) is 37.6 Å². The number of rotatable bonds is 10. The Morgan fingerprint density at radius 2 is 1.89 bits per heavy atom. The number of aromatic nitrogens is 2. The zero-order chi connectivity index (χ0) is 20.5. The van der Waals surface area contributed by atoms with Crippen molar-refractivity contribution in [3.05, 3.63) is 48.5 Å². The van der Waals surface area contributed by atoms with E-state index >= 15 is 0 Å². The van der Waals surface area contributed by atoms with Gasteiger partial charge in [0.25, 0.3) is 5.91 Å². The van der Waals surface area contributed by atoms with Crippen LogP contribution in [0.25, 0.3) is 0 Å². The van der Waals surface area contributed by atoms with Gasteiger partial charge >= 0.3 is 5.97 Å². The molecule has 152 valence electrons. The van der Waals surface area contributed by atoms with Crippen molar-refractivity contribution in [2.24, 2.45) is 5.92 Å². The Morgan fingerprint density at radius 3 is 2.46 bits per heavy atom. The van der Waals surface area contributed by atoms with Crippen molar-refractivity contribution in [1.29, 1.82) is 0 Å². The SMILES string of the molecule is COC(=O)C(C)CN(CCCn1ccnc1)C(=O)c1ccc(OC(C)C)cc1. The van der Waals surface area contributed by atoms with E-state index in [0.717, 1.165) is 18.7 Å². The Kier molecular flexibility index (Phi) is 8.04. The van der Waals surface area contributed by atoms with E-state index in [0.29, 0.717) is 18.7 Å². The third-order valence-electron chi connectivity index (χ3n) is 4.26. The van der Waals surface area contributed by atoms with E-state index in [1.807, 2.05) is 24.6 Å².